The Labute approximate surface area is 74.9 Å². The minimum absolute atomic E-state index is 1.20. The first kappa shape index (κ1) is 9.05. The van der Waals surface area contributed by atoms with Gasteiger partial charge in [0.15, 0.2) is 0 Å². The molecular formula is C12H16. The summed E-state index contributed by atoms with van der Waals surface area (Å²) in [4.78, 5) is 0. The van der Waals surface area contributed by atoms with Crippen LogP contribution in [0.3, 0.4) is 0 Å². The zero-order valence-electron chi connectivity index (χ0n) is 7.66. The van der Waals surface area contributed by atoms with Crippen LogP contribution < -0.4 is 0 Å². The highest BCUT2D eigenvalue weighted by Gasteiger charge is 1.81. The standard InChI is InChI=1S/C12H16/c1-2-3-4-6-9-12-10-7-5-8-11-12/h5-11H,2-4H2,1H3/b9-6-. The van der Waals surface area contributed by atoms with Crippen molar-refractivity contribution < 1.29 is 0 Å². The Kier molecular flexibility index (Phi) is 4.22. The number of benzene rings is 1. The molecule has 0 amide bonds. The van der Waals surface area contributed by atoms with Crippen molar-refractivity contribution in [2.75, 3.05) is 0 Å². The van der Waals surface area contributed by atoms with Gasteiger partial charge >= 0.3 is 0 Å². The topological polar surface area (TPSA) is 0 Å². The Bertz CT molecular complexity index is 221. The van der Waals surface area contributed by atoms with E-state index in [0.29, 0.717) is 0 Å². The molecule has 1 aromatic rings. The predicted molar refractivity (Wildman–Crippen MR) is 55.0 cm³/mol. The van der Waals surface area contributed by atoms with Crippen LogP contribution in [0.5, 0.6) is 0 Å². The molecule has 0 unspecified atom stereocenters. The van der Waals surface area contributed by atoms with Gasteiger partial charge in [0.25, 0.3) is 0 Å². The van der Waals surface area contributed by atoms with Crippen LogP contribution in [-0.4, -0.2) is 0 Å². The molecule has 0 aromatic heterocycles. The molecule has 0 N–H and O–H groups in total. The molecule has 64 valence electrons. The van der Waals surface area contributed by atoms with E-state index in [9.17, 15) is 0 Å². The maximum Gasteiger partial charge on any atom is -0.0260 e. The summed E-state index contributed by atoms with van der Waals surface area (Å²) in [6.45, 7) is 2.22. The van der Waals surface area contributed by atoms with Crippen molar-refractivity contribution in [2.24, 2.45) is 0 Å². The molecule has 0 atom stereocenters. The van der Waals surface area contributed by atoms with Crippen molar-refractivity contribution in [3.05, 3.63) is 42.0 Å². The fourth-order valence-corrected chi connectivity index (χ4v) is 1.11. The van der Waals surface area contributed by atoms with Gasteiger partial charge in [0.2, 0.25) is 0 Å². The quantitative estimate of drug-likeness (QED) is 0.586. The summed E-state index contributed by atoms with van der Waals surface area (Å²) in [5.74, 6) is 0. The number of hydrogen-bond donors (Lipinski definition) is 0. The van der Waals surface area contributed by atoms with E-state index in [-0.39, 0.29) is 0 Å². The van der Waals surface area contributed by atoms with Crippen LogP contribution >= 0.6 is 0 Å². The van der Waals surface area contributed by atoms with Gasteiger partial charge in [0.1, 0.15) is 0 Å². The molecule has 0 nitrogen and oxygen atoms in total. The lowest BCUT2D eigenvalue weighted by molar-refractivity contribution is 0.816. The second kappa shape index (κ2) is 5.59. The molecule has 0 spiro atoms. The third-order valence-corrected chi connectivity index (χ3v) is 1.83. The minimum Gasteiger partial charge on any atom is -0.0839 e. The van der Waals surface area contributed by atoms with E-state index in [4.69, 9.17) is 0 Å². The zero-order chi connectivity index (χ0) is 8.65. The van der Waals surface area contributed by atoms with Crippen molar-refractivity contribution in [3.63, 3.8) is 0 Å². The normalized spacial score (nSPS) is 10.8. The molecule has 0 radical (unpaired) electrons. The van der Waals surface area contributed by atoms with Crippen molar-refractivity contribution in [3.8, 4) is 0 Å². The van der Waals surface area contributed by atoms with Crippen molar-refractivity contribution in [1.29, 1.82) is 0 Å². The van der Waals surface area contributed by atoms with Crippen LogP contribution in [0.2, 0.25) is 0 Å². The number of rotatable bonds is 4. The number of unbranched alkanes of at least 4 members (excludes halogenated alkanes) is 2. The smallest absolute Gasteiger partial charge is 0.0260 e. The van der Waals surface area contributed by atoms with Gasteiger partial charge in [-0.1, -0.05) is 62.2 Å². The average Bonchev–Trinajstić information content (AvgIpc) is 2.14. The highest BCUT2D eigenvalue weighted by Crippen LogP contribution is 2.03. The summed E-state index contributed by atoms with van der Waals surface area (Å²) in [5, 5.41) is 0. The molecule has 0 fully saturated rings. The first-order chi connectivity index (χ1) is 5.93. The molecular weight excluding hydrogens is 144 g/mol. The van der Waals surface area contributed by atoms with Crippen LogP contribution in [-0.2, 0) is 0 Å². The summed E-state index contributed by atoms with van der Waals surface area (Å²) in [7, 11) is 0. The van der Waals surface area contributed by atoms with Crippen molar-refractivity contribution in [2.45, 2.75) is 26.2 Å². The number of hydrogen-bond acceptors (Lipinski definition) is 0. The lowest BCUT2D eigenvalue weighted by atomic mass is 10.2. The largest absolute Gasteiger partial charge is 0.0839 e. The molecule has 0 bridgehead atoms. The lowest BCUT2D eigenvalue weighted by Crippen LogP contribution is -1.69. The SMILES string of the molecule is CCCC/C=C\c1ccccc1. The third kappa shape index (κ3) is 3.38. The van der Waals surface area contributed by atoms with Gasteiger partial charge in [-0.2, -0.15) is 0 Å². The predicted octanol–water partition coefficient (Wildman–Crippen LogP) is 3.89. The molecule has 12 heavy (non-hydrogen) atoms. The van der Waals surface area contributed by atoms with Crippen LogP contribution in [0.25, 0.3) is 6.08 Å². The molecule has 0 saturated carbocycles. The average molecular weight is 160 g/mol. The Morgan fingerprint density at radius 1 is 1.17 bits per heavy atom. The first-order valence-corrected chi connectivity index (χ1v) is 4.65. The van der Waals surface area contributed by atoms with Crippen LogP contribution in [0.4, 0.5) is 0 Å². The minimum atomic E-state index is 1.20. The Balaban J connectivity index is 2.36. The van der Waals surface area contributed by atoms with E-state index in [1.165, 1.54) is 24.8 Å². The van der Waals surface area contributed by atoms with Crippen LogP contribution in [0, 0.1) is 0 Å². The second-order valence-electron chi connectivity index (χ2n) is 2.96. The fourth-order valence-electron chi connectivity index (χ4n) is 1.11. The molecule has 1 rings (SSSR count). The highest BCUT2D eigenvalue weighted by atomic mass is 13.9. The molecule has 0 saturated heterocycles. The summed E-state index contributed by atoms with van der Waals surface area (Å²) in [6.07, 6.45) is 8.21. The number of allylic oxidation sites excluding steroid dienone is 1. The zero-order valence-corrected chi connectivity index (χ0v) is 7.66. The Morgan fingerprint density at radius 3 is 2.58 bits per heavy atom. The van der Waals surface area contributed by atoms with Gasteiger partial charge in [-0.25, -0.2) is 0 Å². The maximum absolute atomic E-state index is 2.25. The Morgan fingerprint density at radius 2 is 1.92 bits per heavy atom. The van der Waals surface area contributed by atoms with Gasteiger partial charge in [-0.05, 0) is 12.0 Å². The van der Waals surface area contributed by atoms with E-state index in [2.05, 4.69) is 43.3 Å². The monoisotopic (exact) mass is 160 g/mol. The first-order valence-electron chi connectivity index (χ1n) is 4.65. The van der Waals surface area contributed by atoms with Gasteiger partial charge in [0, 0.05) is 0 Å². The molecule has 0 heteroatoms. The summed E-state index contributed by atoms with van der Waals surface area (Å²) < 4.78 is 0. The molecule has 0 aliphatic heterocycles. The van der Waals surface area contributed by atoms with Crippen molar-refractivity contribution in [1.82, 2.24) is 0 Å². The van der Waals surface area contributed by atoms with Gasteiger partial charge in [0.05, 0.1) is 0 Å². The highest BCUT2D eigenvalue weighted by molar-refractivity contribution is 5.48. The summed E-state index contributed by atoms with van der Waals surface area (Å²) >= 11 is 0. The maximum atomic E-state index is 2.25. The Hall–Kier alpha value is -1.04. The van der Waals surface area contributed by atoms with Crippen LogP contribution in [0.1, 0.15) is 31.7 Å². The lowest BCUT2D eigenvalue weighted by Gasteiger charge is -1.91. The molecule has 1 aromatic carbocycles. The summed E-state index contributed by atoms with van der Waals surface area (Å²) in [5.41, 5.74) is 1.30. The van der Waals surface area contributed by atoms with E-state index < -0.39 is 0 Å². The fraction of sp³-hybridized carbons (Fsp3) is 0.333. The van der Waals surface area contributed by atoms with E-state index >= 15 is 0 Å². The second-order valence-corrected chi connectivity index (χ2v) is 2.96. The van der Waals surface area contributed by atoms with E-state index in [0.717, 1.165) is 0 Å². The molecule has 0 aliphatic carbocycles. The van der Waals surface area contributed by atoms with E-state index in [1.54, 1.807) is 0 Å². The van der Waals surface area contributed by atoms with Gasteiger partial charge < -0.3 is 0 Å². The van der Waals surface area contributed by atoms with Crippen LogP contribution in [0.15, 0.2) is 36.4 Å². The van der Waals surface area contributed by atoms with Gasteiger partial charge in [-0.15, -0.1) is 0 Å². The van der Waals surface area contributed by atoms with Crippen molar-refractivity contribution >= 4 is 6.08 Å². The molecule has 0 aliphatic rings. The van der Waals surface area contributed by atoms with Gasteiger partial charge in [-0.3, -0.25) is 0 Å². The molecule has 0 heterocycles. The van der Waals surface area contributed by atoms with E-state index in [1.807, 2.05) is 6.07 Å². The summed E-state index contributed by atoms with van der Waals surface area (Å²) in [6, 6.07) is 10.4. The third-order valence-electron chi connectivity index (χ3n) is 1.83.